The van der Waals surface area contributed by atoms with E-state index in [4.69, 9.17) is 14.2 Å². The van der Waals surface area contributed by atoms with Gasteiger partial charge in [-0.2, -0.15) is 0 Å². The summed E-state index contributed by atoms with van der Waals surface area (Å²) in [4.78, 5) is 38.3. The van der Waals surface area contributed by atoms with Gasteiger partial charge in [-0.1, -0.05) is 263 Å². The molecule has 0 spiro atoms. The van der Waals surface area contributed by atoms with Crippen LogP contribution in [0.1, 0.15) is 342 Å². The molecule has 0 saturated heterocycles. The van der Waals surface area contributed by atoms with Crippen molar-refractivity contribution in [3.8, 4) is 0 Å². The number of allylic oxidation sites excluding steroid dienone is 6. The van der Waals surface area contributed by atoms with Crippen LogP contribution in [0.4, 0.5) is 0 Å². The van der Waals surface area contributed by atoms with Gasteiger partial charge in [0.15, 0.2) is 6.10 Å². The highest BCUT2D eigenvalue weighted by atomic mass is 16.6. The van der Waals surface area contributed by atoms with Gasteiger partial charge in [0, 0.05) is 19.3 Å². The Kier molecular flexibility index (Phi) is 58.2. The number of carbonyl (C=O) groups excluding carboxylic acids is 3. The molecule has 0 amide bonds. The van der Waals surface area contributed by atoms with Gasteiger partial charge in [-0.05, 0) is 96.3 Å². The molecule has 6 nitrogen and oxygen atoms in total. The Balaban J connectivity index is 4.35. The van der Waals surface area contributed by atoms with Gasteiger partial charge in [0.25, 0.3) is 0 Å². The molecule has 0 aliphatic heterocycles. The van der Waals surface area contributed by atoms with Gasteiger partial charge in [-0.3, -0.25) is 14.4 Å². The number of ether oxygens (including phenoxy) is 3. The fraction of sp³-hybridized carbons (Fsp3) is 0.862. The molecule has 0 aliphatic rings. The standard InChI is InChI=1S/C65H120O6/c1-4-7-10-13-16-19-22-25-28-31-32-35-37-40-43-46-49-52-55-58-64(67)70-61-62(71-65(68)59-56-53-50-47-44-41-38-34-30-27-24-21-18-15-12-9-6-3)60-69-63(66)57-54-51-48-45-42-39-36-33-29-26-23-20-17-14-11-8-5-2/h26-27,29-32,62H,4-25,28,33-61H2,1-3H3/b29-26-,30-27-,32-31-/t62-/m1/s1. The summed E-state index contributed by atoms with van der Waals surface area (Å²) in [6.07, 6.45) is 72.8. The van der Waals surface area contributed by atoms with E-state index in [1.807, 2.05) is 0 Å². The summed E-state index contributed by atoms with van der Waals surface area (Å²) in [6.45, 7) is 6.67. The van der Waals surface area contributed by atoms with E-state index in [-0.39, 0.29) is 31.1 Å². The largest absolute Gasteiger partial charge is 0.462 e. The molecule has 0 aromatic heterocycles. The molecule has 0 fully saturated rings. The molecule has 0 saturated carbocycles. The smallest absolute Gasteiger partial charge is 0.306 e. The first-order valence-corrected chi connectivity index (χ1v) is 31.5. The van der Waals surface area contributed by atoms with Crippen molar-refractivity contribution in [2.75, 3.05) is 13.2 Å². The lowest BCUT2D eigenvalue weighted by Crippen LogP contribution is -2.30. The molecule has 0 heterocycles. The molecule has 6 heteroatoms. The molecule has 0 rings (SSSR count). The lowest BCUT2D eigenvalue weighted by atomic mass is 10.1. The third kappa shape index (κ3) is 58.4. The van der Waals surface area contributed by atoms with Crippen molar-refractivity contribution in [1.29, 1.82) is 0 Å². The molecule has 0 bridgehead atoms. The quantitative estimate of drug-likeness (QED) is 0.0261. The Morgan fingerprint density at radius 1 is 0.268 bits per heavy atom. The maximum Gasteiger partial charge on any atom is 0.306 e. The summed E-state index contributed by atoms with van der Waals surface area (Å²) in [5.41, 5.74) is 0. The highest BCUT2D eigenvalue weighted by Crippen LogP contribution is 2.16. The van der Waals surface area contributed by atoms with Gasteiger partial charge < -0.3 is 14.2 Å². The Labute approximate surface area is 442 Å². The average Bonchev–Trinajstić information content (AvgIpc) is 3.37. The highest BCUT2D eigenvalue weighted by Gasteiger charge is 2.19. The second kappa shape index (κ2) is 60.2. The van der Waals surface area contributed by atoms with Crippen LogP contribution in [0.25, 0.3) is 0 Å². The normalized spacial score (nSPS) is 12.2. The van der Waals surface area contributed by atoms with Gasteiger partial charge in [-0.15, -0.1) is 0 Å². The van der Waals surface area contributed by atoms with Crippen LogP contribution in [0.3, 0.4) is 0 Å². The number of rotatable bonds is 58. The number of unbranched alkanes of at least 4 members (excludes halogenated alkanes) is 41. The summed E-state index contributed by atoms with van der Waals surface area (Å²) in [5, 5.41) is 0. The van der Waals surface area contributed by atoms with Crippen LogP contribution in [0.15, 0.2) is 36.5 Å². The molecule has 0 aromatic rings. The Bertz CT molecular complexity index is 1190. The second-order valence-corrected chi connectivity index (χ2v) is 21.3. The summed E-state index contributed by atoms with van der Waals surface area (Å²) >= 11 is 0. The highest BCUT2D eigenvalue weighted by molar-refractivity contribution is 5.71. The predicted octanol–water partition coefficient (Wildman–Crippen LogP) is 21.2. The first-order valence-electron chi connectivity index (χ1n) is 31.5. The van der Waals surface area contributed by atoms with Crippen LogP contribution in [0, 0.1) is 0 Å². The molecule has 0 aliphatic carbocycles. The summed E-state index contributed by atoms with van der Waals surface area (Å²) in [6, 6.07) is 0. The van der Waals surface area contributed by atoms with Gasteiger partial charge >= 0.3 is 17.9 Å². The summed E-state index contributed by atoms with van der Waals surface area (Å²) in [7, 11) is 0. The van der Waals surface area contributed by atoms with E-state index in [1.54, 1.807) is 0 Å². The van der Waals surface area contributed by atoms with Crippen molar-refractivity contribution in [2.24, 2.45) is 0 Å². The van der Waals surface area contributed by atoms with Crippen molar-refractivity contribution in [1.82, 2.24) is 0 Å². The summed E-state index contributed by atoms with van der Waals surface area (Å²) in [5.74, 6) is -0.867. The first kappa shape index (κ1) is 68.6. The minimum Gasteiger partial charge on any atom is -0.462 e. The van der Waals surface area contributed by atoms with Gasteiger partial charge in [0.05, 0.1) is 0 Å². The van der Waals surface area contributed by atoms with Crippen LogP contribution in [0.5, 0.6) is 0 Å². The molecular formula is C65H120O6. The molecule has 416 valence electrons. The minimum absolute atomic E-state index is 0.0748. The molecule has 1 atom stereocenters. The Hall–Kier alpha value is -2.37. The van der Waals surface area contributed by atoms with E-state index in [1.165, 1.54) is 244 Å². The topological polar surface area (TPSA) is 78.9 Å². The monoisotopic (exact) mass is 997 g/mol. The van der Waals surface area contributed by atoms with Crippen molar-refractivity contribution >= 4 is 17.9 Å². The molecule has 71 heavy (non-hydrogen) atoms. The third-order valence-corrected chi connectivity index (χ3v) is 14.1. The lowest BCUT2D eigenvalue weighted by Gasteiger charge is -2.18. The third-order valence-electron chi connectivity index (χ3n) is 14.1. The second-order valence-electron chi connectivity index (χ2n) is 21.3. The zero-order valence-corrected chi connectivity index (χ0v) is 47.8. The van der Waals surface area contributed by atoms with E-state index in [0.717, 1.165) is 57.8 Å². The average molecular weight is 998 g/mol. The maximum atomic E-state index is 12.9. The zero-order chi connectivity index (χ0) is 51.4. The van der Waals surface area contributed by atoms with Gasteiger partial charge in [-0.25, -0.2) is 0 Å². The van der Waals surface area contributed by atoms with Crippen molar-refractivity contribution in [3.63, 3.8) is 0 Å². The zero-order valence-electron chi connectivity index (χ0n) is 47.8. The van der Waals surface area contributed by atoms with Crippen molar-refractivity contribution in [3.05, 3.63) is 36.5 Å². The molecule has 0 N–H and O–H groups in total. The first-order chi connectivity index (χ1) is 35.0. The molecule has 0 unspecified atom stereocenters. The van der Waals surface area contributed by atoms with Crippen LogP contribution < -0.4 is 0 Å². The summed E-state index contributed by atoms with van der Waals surface area (Å²) < 4.78 is 16.9. The number of esters is 3. The number of hydrogen-bond acceptors (Lipinski definition) is 6. The lowest BCUT2D eigenvalue weighted by molar-refractivity contribution is -0.167. The van der Waals surface area contributed by atoms with Gasteiger partial charge in [0.1, 0.15) is 13.2 Å². The van der Waals surface area contributed by atoms with E-state index in [2.05, 4.69) is 57.2 Å². The van der Waals surface area contributed by atoms with Crippen molar-refractivity contribution in [2.45, 2.75) is 348 Å². The van der Waals surface area contributed by atoms with E-state index >= 15 is 0 Å². The maximum absolute atomic E-state index is 12.9. The predicted molar refractivity (Wildman–Crippen MR) is 307 cm³/mol. The van der Waals surface area contributed by atoms with Crippen molar-refractivity contribution < 1.29 is 28.6 Å². The number of carbonyl (C=O) groups is 3. The fourth-order valence-corrected chi connectivity index (χ4v) is 9.31. The SMILES string of the molecule is CCCCCCCC/C=C\CCCCCCCCCC(=O)OC[C@H](COC(=O)CCCCCCCCC/C=C\CCCCCCCCCC)OC(=O)CCCCCCCCC/C=C\CCCCCCCC. The van der Waals surface area contributed by atoms with Crippen LogP contribution in [-0.4, -0.2) is 37.2 Å². The van der Waals surface area contributed by atoms with Crippen LogP contribution in [-0.2, 0) is 28.6 Å². The van der Waals surface area contributed by atoms with Gasteiger partial charge in [0.2, 0.25) is 0 Å². The Morgan fingerprint density at radius 3 is 0.704 bits per heavy atom. The molecule has 0 aromatic carbocycles. The van der Waals surface area contributed by atoms with Crippen LogP contribution >= 0.6 is 0 Å². The molecular weight excluding hydrogens is 877 g/mol. The van der Waals surface area contributed by atoms with E-state index < -0.39 is 6.10 Å². The number of hydrogen-bond donors (Lipinski definition) is 0. The fourth-order valence-electron chi connectivity index (χ4n) is 9.31. The van der Waals surface area contributed by atoms with E-state index in [0.29, 0.717) is 19.3 Å². The van der Waals surface area contributed by atoms with Crippen LogP contribution in [0.2, 0.25) is 0 Å². The minimum atomic E-state index is -0.777. The van der Waals surface area contributed by atoms with E-state index in [9.17, 15) is 14.4 Å². The molecule has 0 radical (unpaired) electrons. The Morgan fingerprint density at radius 2 is 0.465 bits per heavy atom.